The third-order valence-corrected chi connectivity index (χ3v) is 3.20. The van der Waals surface area contributed by atoms with Crippen LogP contribution in [-0.4, -0.2) is 26.7 Å². The molecule has 1 aromatic carbocycles. The van der Waals surface area contributed by atoms with Gasteiger partial charge in [0.25, 0.3) is 0 Å². The van der Waals surface area contributed by atoms with E-state index in [0.29, 0.717) is 5.92 Å². The molecule has 0 aliphatic heterocycles. The highest BCUT2D eigenvalue weighted by Crippen LogP contribution is 2.25. The molecule has 0 saturated heterocycles. The van der Waals surface area contributed by atoms with Gasteiger partial charge >= 0.3 is 0 Å². The molecule has 0 spiro atoms. The quantitative estimate of drug-likeness (QED) is 0.724. The van der Waals surface area contributed by atoms with Crippen molar-refractivity contribution in [2.24, 2.45) is 5.92 Å². The maximum absolute atomic E-state index is 5.20. The lowest BCUT2D eigenvalue weighted by molar-refractivity contribution is 0.412. The molecule has 1 aromatic rings. The van der Waals surface area contributed by atoms with E-state index in [1.807, 2.05) is 6.07 Å². The highest BCUT2D eigenvalue weighted by molar-refractivity contribution is 9.10. The Bertz CT molecular complexity index is 356. The zero-order valence-corrected chi connectivity index (χ0v) is 13.0. The lowest BCUT2D eigenvalue weighted by Crippen LogP contribution is -2.29. The molecule has 102 valence electrons. The first-order valence-electron chi connectivity index (χ1n) is 6.37. The first-order valence-corrected chi connectivity index (χ1v) is 7.16. The second-order valence-electron chi connectivity index (χ2n) is 4.74. The van der Waals surface area contributed by atoms with Crippen molar-refractivity contribution in [3.63, 3.8) is 0 Å². The number of benzene rings is 1. The number of rotatable bonds is 8. The Balaban J connectivity index is 2.21. The molecule has 3 nitrogen and oxygen atoms in total. The van der Waals surface area contributed by atoms with Gasteiger partial charge in [-0.25, -0.2) is 0 Å². The first-order chi connectivity index (χ1) is 8.63. The van der Waals surface area contributed by atoms with Crippen molar-refractivity contribution < 1.29 is 4.74 Å². The van der Waals surface area contributed by atoms with Gasteiger partial charge in [-0.1, -0.05) is 19.9 Å². The molecule has 18 heavy (non-hydrogen) atoms. The number of methoxy groups -OCH3 is 1. The van der Waals surface area contributed by atoms with Gasteiger partial charge in [-0.05, 0) is 46.1 Å². The highest BCUT2D eigenvalue weighted by Gasteiger charge is 2.00. The summed E-state index contributed by atoms with van der Waals surface area (Å²) >= 11 is 3.49. The van der Waals surface area contributed by atoms with E-state index in [1.54, 1.807) is 7.11 Å². The van der Waals surface area contributed by atoms with Crippen LogP contribution in [0.4, 0.5) is 0 Å². The van der Waals surface area contributed by atoms with E-state index >= 15 is 0 Å². The maximum Gasteiger partial charge on any atom is 0.133 e. The minimum Gasteiger partial charge on any atom is -0.496 e. The Kier molecular flexibility index (Phi) is 7.32. The molecule has 0 aliphatic carbocycles. The van der Waals surface area contributed by atoms with Crippen molar-refractivity contribution >= 4 is 15.9 Å². The summed E-state index contributed by atoms with van der Waals surface area (Å²) in [6.45, 7) is 8.39. The molecule has 0 heterocycles. The minimum absolute atomic E-state index is 0.711. The fourth-order valence-corrected chi connectivity index (χ4v) is 2.21. The number of nitrogens with one attached hydrogen (secondary N) is 2. The van der Waals surface area contributed by atoms with Crippen molar-refractivity contribution in [3.05, 3.63) is 28.2 Å². The van der Waals surface area contributed by atoms with Crippen LogP contribution in [0.1, 0.15) is 19.4 Å². The van der Waals surface area contributed by atoms with E-state index in [1.165, 1.54) is 5.56 Å². The van der Waals surface area contributed by atoms with Crippen LogP contribution in [-0.2, 0) is 6.54 Å². The van der Waals surface area contributed by atoms with E-state index in [2.05, 4.69) is 52.5 Å². The third kappa shape index (κ3) is 5.85. The van der Waals surface area contributed by atoms with E-state index in [9.17, 15) is 0 Å². The zero-order valence-electron chi connectivity index (χ0n) is 11.4. The monoisotopic (exact) mass is 314 g/mol. The van der Waals surface area contributed by atoms with Crippen LogP contribution in [0.2, 0.25) is 0 Å². The van der Waals surface area contributed by atoms with E-state index in [0.717, 1.165) is 36.4 Å². The van der Waals surface area contributed by atoms with Gasteiger partial charge in [0, 0.05) is 19.6 Å². The SMILES string of the molecule is COc1ccc(CNCCNCC(C)C)cc1Br. The molecule has 1 rings (SSSR count). The molecule has 0 aliphatic rings. The van der Waals surface area contributed by atoms with E-state index in [4.69, 9.17) is 4.74 Å². The van der Waals surface area contributed by atoms with Gasteiger partial charge in [-0.3, -0.25) is 0 Å². The average molecular weight is 315 g/mol. The molecule has 2 N–H and O–H groups in total. The summed E-state index contributed by atoms with van der Waals surface area (Å²) < 4.78 is 6.20. The Labute approximate surface area is 118 Å². The summed E-state index contributed by atoms with van der Waals surface area (Å²) in [5, 5.41) is 6.82. The summed E-state index contributed by atoms with van der Waals surface area (Å²) in [7, 11) is 1.68. The van der Waals surface area contributed by atoms with Crippen LogP contribution in [0.15, 0.2) is 22.7 Å². The average Bonchev–Trinajstić information content (AvgIpc) is 2.33. The van der Waals surface area contributed by atoms with Gasteiger partial charge in [0.1, 0.15) is 5.75 Å². The second kappa shape index (κ2) is 8.51. The highest BCUT2D eigenvalue weighted by atomic mass is 79.9. The fourth-order valence-electron chi connectivity index (χ4n) is 1.62. The molecule has 0 fully saturated rings. The van der Waals surface area contributed by atoms with Crippen molar-refractivity contribution in [1.29, 1.82) is 0 Å². The van der Waals surface area contributed by atoms with Crippen LogP contribution in [0, 0.1) is 5.92 Å². The lowest BCUT2D eigenvalue weighted by Gasteiger charge is -2.09. The van der Waals surface area contributed by atoms with Gasteiger partial charge in [-0.15, -0.1) is 0 Å². The third-order valence-electron chi connectivity index (χ3n) is 2.58. The number of halogens is 1. The molecule has 0 amide bonds. The van der Waals surface area contributed by atoms with E-state index < -0.39 is 0 Å². The van der Waals surface area contributed by atoms with Crippen LogP contribution in [0.5, 0.6) is 5.75 Å². The van der Waals surface area contributed by atoms with Crippen molar-refractivity contribution in [3.8, 4) is 5.75 Å². The summed E-state index contributed by atoms with van der Waals surface area (Å²) in [5.74, 6) is 1.58. The second-order valence-corrected chi connectivity index (χ2v) is 5.60. The first kappa shape index (κ1) is 15.5. The zero-order chi connectivity index (χ0) is 13.4. The van der Waals surface area contributed by atoms with Crippen LogP contribution < -0.4 is 15.4 Å². The van der Waals surface area contributed by atoms with Gasteiger partial charge in [0.2, 0.25) is 0 Å². The lowest BCUT2D eigenvalue weighted by atomic mass is 10.2. The Hall–Kier alpha value is -0.580. The standard InChI is InChI=1S/C14H23BrN2O/c1-11(2)9-16-6-7-17-10-12-4-5-14(18-3)13(15)8-12/h4-5,8,11,16-17H,6-7,9-10H2,1-3H3. The molecule has 0 atom stereocenters. The number of hydrogen-bond donors (Lipinski definition) is 2. The molecular weight excluding hydrogens is 292 g/mol. The summed E-state index contributed by atoms with van der Waals surface area (Å²) in [4.78, 5) is 0. The number of hydrogen-bond acceptors (Lipinski definition) is 3. The minimum atomic E-state index is 0.711. The summed E-state index contributed by atoms with van der Waals surface area (Å²) in [6, 6.07) is 6.16. The van der Waals surface area contributed by atoms with Gasteiger partial charge < -0.3 is 15.4 Å². The van der Waals surface area contributed by atoms with Crippen molar-refractivity contribution in [2.45, 2.75) is 20.4 Å². The normalized spacial score (nSPS) is 10.9. The van der Waals surface area contributed by atoms with Crippen LogP contribution in [0.3, 0.4) is 0 Å². The molecule has 0 saturated carbocycles. The fraction of sp³-hybridized carbons (Fsp3) is 0.571. The predicted octanol–water partition coefficient (Wildman–Crippen LogP) is 2.79. The van der Waals surface area contributed by atoms with Crippen LogP contribution >= 0.6 is 15.9 Å². The topological polar surface area (TPSA) is 33.3 Å². The van der Waals surface area contributed by atoms with Crippen molar-refractivity contribution in [1.82, 2.24) is 10.6 Å². The molecule has 0 bridgehead atoms. The smallest absolute Gasteiger partial charge is 0.133 e. The molecule has 0 aromatic heterocycles. The summed E-state index contributed by atoms with van der Waals surface area (Å²) in [6.07, 6.45) is 0. The summed E-state index contributed by atoms with van der Waals surface area (Å²) in [5.41, 5.74) is 1.26. The van der Waals surface area contributed by atoms with Crippen molar-refractivity contribution in [2.75, 3.05) is 26.7 Å². The molecule has 0 unspecified atom stereocenters. The largest absolute Gasteiger partial charge is 0.496 e. The van der Waals surface area contributed by atoms with Crippen LogP contribution in [0.25, 0.3) is 0 Å². The maximum atomic E-state index is 5.20. The number of ether oxygens (including phenoxy) is 1. The van der Waals surface area contributed by atoms with Gasteiger partial charge in [-0.2, -0.15) is 0 Å². The van der Waals surface area contributed by atoms with E-state index in [-0.39, 0.29) is 0 Å². The molecule has 4 heteroatoms. The van der Waals surface area contributed by atoms with Gasteiger partial charge in [0.05, 0.1) is 11.6 Å². The predicted molar refractivity (Wildman–Crippen MR) is 80.1 cm³/mol. The Morgan fingerprint density at radius 3 is 2.56 bits per heavy atom. The molecular formula is C14H23BrN2O. The Morgan fingerprint density at radius 1 is 1.22 bits per heavy atom. The Morgan fingerprint density at radius 2 is 1.94 bits per heavy atom. The molecule has 0 radical (unpaired) electrons. The van der Waals surface area contributed by atoms with Gasteiger partial charge in [0.15, 0.2) is 0 Å².